The maximum atomic E-state index is 12.8. The van der Waals surface area contributed by atoms with Crippen molar-refractivity contribution < 1.29 is 19.1 Å². The molecule has 2 amide bonds. The molecule has 0 bridgehead atoms. The van der Waals surface area contributed by atoms with E-state index in [-0.39, 0.29) is 24.8 Å². The van der Waals surface area contributed by atoms with Crippen LogP contribution in [0.2, 0.25) is 5.02 Å². The summed E-state index contributed by atoms with van der Waals surface area (Å²) in [5, 5.41) is 3.35. The van der Waals surface area contributed by atoms with Crippen molar-refractivity contribution in [2.24, 2.45) is 0 Å². The average molecular weight is 403 g/mol. The van der Waals surface area contributed by atoms with E-state index in [2.05, 4.69) is 5.32 Å². The van der Waals surface area contributed by atoms with Crippen LogP contribution < -0.4 is 19.7 Å². The number of aryl methyl sites for hydroxylation is 1. The largest absolute Gasteiger partial charge is 0.495 e. The number of hydrogen-bond donors (Lipinski definition) is 1. The molecule has 0 unspecified atom stereocenters. The summed E-state index contributed by atoms with van der Waals surface area (Å²) in [5.41, 5.74) is 1.16. The number of amides is 2. The molecule has 3 rings (SSSR count). The third-order valence-corrected chi connectivity index (χ3v) is 4.76. The van der Waals surface area contributed by atoms with E-state index in [1.807, 2.05) is 19.1 Å². The summed E-state index contributed by atoms with van der Waals surface area (Å²) in [6.45, 7) is 5.55. The molecule has 1 N–H and O–H groups in total. The van der Waals surface area contributed by atoms with Gasteiger partial charge in [0.2, 0.25) is 5.91 Å². The Morgan fingerprint density at radius 3 is 2.71 bits per heavy atom. The zero-order valence-electron chi connectivity index (χ0n) is 16.3. The standard InChI is InChI=1S/C21H23ClN2O4/c1-13-5-7-17(27-4)15(11-13)23-19(25)9-10-24-16-12-14(22)6-8-18(16)28-21(2,3)20(24)26/h5-8,11-12H,9-10H2,1-4H3,(H,23,25). The Morgan fingerprint density at radius 2 is 2.00 bits per heavy atom. The molecule has 1 heterocycles. The number of carbonyl (C=O) groups excluding carboxylic acids is 2. The Bertz CT molecular complexity index is 927. The lowest BCUT2D eigenvalue weighted by molar-refractivity contribution is -0.132. The predicted molar refractivity (Wildman–Crippen MR) is 109 cm³/mol. The van der Waals surface area contributed by atoms with Crippen LogP contribution in [0.4, 0.5) is 11.4 Å². The van der Waals surface area contributed by atoms with Gasteiger partial charge in [-0.25, -0.2) is 0 Å². The number of hydrogen-bond acceptors (Lipinski definition) is 4. The van der Waals surface area contributed by atoms with E-state index in [1.165, 1.54) is 0 Å². The lowest BCUT2D eigenvalue weighted by Gasteiger charge is -2.38. The molecule has 1 aliphatic rings. The van der Waals surface area contributed by atoms with Crippen LogP contribution in [0.25, 0.3) is 0 Å². The highest BCUT2D eigenvalue weighted by atomic mass is 35.5. The summed E-state index contributed by atoms with van der Waals surface area (Å²) in [7, 11) is 1.55. The molecule has 0 saturated carbocycles. The second-order valence-corrected chi connectivity index (χ2v) is 7.62. The molecule has 0 fully saturated rings. The summed E-state index contributed by atoms with van der Waals surface area (Å²) in [6, 6.07) is 10.7. The first-order chi connectivity index (χ1) is 13.2. The number of nitrogens with zero attached hydrogens (tertiary/aromatic N) is 1. The van der Waals surface area contributed by atoms with Gasteiger partial charge in [0.1, 0.15) is 11.5 Å². The highest BCUT2D eigenvalue weighted by molar-refractivity contribution is 6.31. The maximum Gasteiger partial charge on any atom is 0.270 e. The van der Waals surface area contributed by atoms with Gasteiger partial charge in [0, 0.05) is 18.0 Å². The molecule has 28 heavy (non-hydrogen) atoms. The number of fused-ring (bicyclic) bond motifs is 1. The van der Waals surface area contributed by atoms with Crippen molar-refractivity contribution in [1.29, 1.82) is 0 Å². The van der Waals surface area contributed by atoms with Crippen molar-refractivity contribution in [2.45, 2.75) is 32.8 Å². The van der Waals surface area contributed by atoms with Crippen LogP contribution in [-0.2, 0) is 9.59 Å². The molecule has 1 aliphatic heterocycles. The molecule has 0 atom stereocenters. The second kappa shape index (κ2) is 7.72. The van der Waals surface area contributed by atoms with Crippen LogP contribution in [0.5, 0.6) is 11.5 Å². The molecular weight excluding hydrogens is 380 g/mol. The number of ether oxygens (including phenoxy) is 2. The molecule has 7 heteroatoms. The van der Waals surface area contributed by atoms with Gasteiger partial charge in [-0.15, -0.1) is 0 Å². The van der Waals surface area contributed by atoms with Gasteiger partial charge in [-0.2, -0.15) is 0 Å². The van der Waals surface area contributed by atoms with Crippen molar-refractivity contribution in [3.8, 4) is 11.5 Å². The zero-order chi connectivity index (χ0) is 20.5. The van der Waals surface area contributed by atoms with E-state index >= 15 is 0 Å². The minimum atomic E-state index is -1.02. The molecule has 6 nitrogen and oxygen atoms in total. The number of anilines is 2. The molecule has 0 aliphatic carbocycles. The fourth-order valence-corrected chi connectivity index (χ4v) is 3.27. The number of rotatable bonds is 5. The molecule has 148 valence electrons. The summed E-state index contributed by atoms with van der Waals surface area (Å²) >= 11 is 6.09. The Balaban J connectivity index is 1.76. The third kappa shape index (κ3) is 4.07. The van der Waals surface area contributed by atoms with Gasteiger partial charge in [-0.1, -0.05) is 17.7 Å². The first-order valence-corrected chi connectivity index (χ1v) is 9.34. The van der Waals surface area contributed by atoms with Crippen molar-refractivity contribution in [3.05, 3.63) is 47.0 Å². The monoisotopic (exact) mass is 402 g/mol. The van der Waals surface area contributed by atoms with Gasteiger partial charge in [0.25, 0.3) is 5.91 Å². The number of benzene rings is 2. The van der Waals surface area contributed by atoms with Crippen LogP contribution in [-0.4, -0.2) is 31.1 Å². The molecule has 0 spiro atoms. The average Bonchev–Trinajstić information content (AvgIpc) is 2.63. The van der Waals surface area contributed by atoms with Crippen molar-refractivity contribution in [2.75, 3.05) is 23.9 Å². The van der Waals surface area contributed by atoms with Crippen LogP contribution in [0, 0.1) is 6.92 Å². The lowest BCUT2D eigenvalue weighted by atomic mass is 10.0. The van der Waals surface area contributed by atoms with Crippen molar-refractivity contribution >= 4 is 34.8 Å². The van der Waals surface area contributed by atoms with E-state index in [4.69, 9.17) is 21.1 Å². The number of nitrogens with one attached hydrogen (secondary N) is 1. The van der Waals surface area contributed by atoms with Gasteiger partial charge in [0.05, 0.1) is 18.5 Å². The Kier molecular flexibility index (Phi) is 5.52. The number of carbonyl (C=O) groups is 2. The van der Waals surface area contributed by atoms with E-state index in [1.54, 1.807) is 50.1 Å². The minimum Gasteiger partial charge on any atom is -0.495 e. The third-order valence-electron chi connectivity index (χ3n) is 4.53. The summed E-state index contributed by atoms with van der Waals surface area (Å²) in [5.74, 6) is 0.710. The highest BCUT2D eigenvalue weighted by Gasteiger charge is 2.40. The van der Waals surface area contributed by atoms with Gasteiger partial charge in [-0.3, -0.25) is 9.59 Å². The zero-order valence-corrected chi connectivity index (χ0v) is 17.1. The summed E-state index contributed by atoms with van der Waals surface area (Å²) < 4.78 is 11.1. The summed E-state index contributed by atoms with van der Waals surface area (Å²) in [4.78, 5) is 26.9. The van der Waals surface area contributed by atoms with Crippen LogP contribution >= 0.6 is 11.6 Å². The van der Waals surface area contributed by atoms with E-state index in [0.29, 0.717) is 27.9 Å². The normalized spacial score (nSPS) is 14.9. The minimum absolute atomic E-state index is 0.116. The van der Waals surface area contributed by atoms with E-state index in [9.17, 15) is 9.59 Å². The van der Waals surface area contributed by atoms with E-state index < -0.39 is 5.60 Å². The first kappa shape index (κ1) is 20.0. The molecule has 0 radical (unpaired) electrons. The smallest absolute Gasteiger partial charge is 0.270 e. The van der Waals surface area contributed by atoms with Gasteiger partial charge >= 0.3 is 0 Å². The predicted octanol–water partition coefficient (Wildman–Crippen LogP) is 4.19. The van der Waals surface area contributed by atoms with Crippen LogP contribution in [0.15, 0.2) is 36.4 Å². The lowest BCUT2D eigenvalue weighted by Crippen LogP contribution is -2.53. The highest BCUT2D eigenvalue weighted by Crippen LogP contribution is 2.39. The Hall–Kier alpha value is -2.73. The summed E-state index contributed by atoms with van der Waals surface area (Å²) in [6.07, 6.45) is 0.116. The molecule has 2 aromatic carbocycles. The van der Waals surface area contributed by atoms with Gasteiger partial charge in [0.15, 0.2) is 5.60 Å². The maximum absolute atomic E-state index is 12.8. The Morgan fingerprint density at radius 1 is 1.25 bits per heavy atom. The first-order valence-electron chi connectivity index (χ1n) is 8.96. The topological polar surface area (TPSA) is 67.9 Å². The Labute approximate surface area is 169 Å². The second-order valence-electron chi connectivity index (χ2n) is 7.18. The fraction of sp³-hybridized carbons (Fsp3) is 0.333. The number of methoxy groups -OCH3 is 1. The van der Waals surface area contributed by atoms with Crippen molar-refractivity contribution in [1.82, 2.24) is 0 Å². The molecule has 0 saturated heterocycles. The molecular formula is C21H23ClN2O4. The number of halogens is 1. The molecule has 2 aromatic rings. The SMILES string of the molecule is COc1ccc(C)cc1NC(=O)CCN1C(=O)C(C)(C)Oc2ccc(Cl)cc21. The van der Waals surface area contributed by atoms with E-state index in [0.717, 1.165) is 5.56 Å². The van der Waals surface area contributed by atoms with Crippen LogP contribution in [0.1, 0.15) is 25.8 Å². The van der Waals surface area contributed by atoms with Gasteiger partial charge in [-0.05, 0) is 56.7 Å². The quantitative estimate of drug-likeness (QED) is 0.814. The van der Waals surface area contributed by atoms with Crippen molar-refractivity contribution in [3.63, 3.8) is 0 Å². The van der Waals surface area contributed by atoms with Crippen LogP contribution in [0.3, 0.4) is 0 Å². The van der Waals surface area contributed by atoms with Gasteiger partial charge < -0.3 is 19.7 Å². The molecule has 0 aromatic heterocycles. The fourth-order valence-electron chi connectivity index (χ4n) is 3.11.